The molecule has 22 heavy (non-hydrogen) atoms. The van der Waals surface area contributed by atoms with Crippen LogP contribution in [0.1, 0.15) is 29.9 Å². The van der Waals surface area contributed by atoms with Gasteiger partial charge in [0, 0.05) is 6.92 Å². The standard InChI is InChI=1S/C14H10O8/c1-6(15)13(19)21-22-14(20)11(16)9-7-3-2-4-8(5-7)10(9)12(17)18/h2-5,9-10H,1H3,(H,17,18). The van der Waals surface area contributed by atoms with Crippen molar-refractivity contribution in [2.75, 3.05) is 0 Å². The van der Waals surface area contributed by atoms with Crippen LogP contribution < -0.4 is 0 Å². The van der Waals surface area contributed by atoms with Crippen molar-refractivity contribution in [2.24, 2.45) is 0 Å². The van der Waals surface area contributed by atoms with E-state index in [1.54, 1.807) is 6.07 Å². The fourth-order valence-corrected chi connectivity index (χ4v) is 2.22. The average molecular weight is 306 g/mol. The van der Waals surface area contributed by atoms with Crippen LogP contribution in [0.4, 0.5) is 0 Å². The molecular weight excluding hydrogens is 296 g/mol. The maximum absolute atomic E-state index is 12.1. The zero-order chi connectivity index (χ0) is 16.4. The minimum absolute atomic E-state index is 0.352. The van der Waals surface area contributed by atoms with Crippen LogP contribution >= 0.6 is 0 Å². The summed E-state index contributed by atoms with van der Waals surface area (Å²) in [6.45, 7) is 0.890. The van der Waals surface area contributed by atoms with E-state index in [9.17, 15) is 29.1 Å². The van der Waals surface area contributed by atoms with Crippen molar-refractivity contribution < 1.29 is 38.9 Å². The maximum Gasteiger partial charge on any atom is 0.422 e. The summed E-state index contributed by atoms with van der Waals surface area (Å²) >= 11 is 0. The zero-order valence-electron chi connectivity index (χ0n) is 11.3. The minimum atomic E-state index is -1.55. The lowest BCUT2D eigenvalue weighted by molar-refractivity contribution is -0.254. The van der Waals surface area contributed by atoms with Gasteiger partial charge in [0.05, 0.1) is 11.8 Å². The molecule has 0 aromatic heterocycles. The number of carboxylic acid groups (broad SMARTS) is 1. The summed E-state index contributed by atoms with van der Waals surface area (Å²) in [6.07, 6.45) is 0. The molecule has 114 valence electrons. The summed E-state index contributed by atoms with van der Waals surface area (Å²) in [5.74, 6) is -8.93. The molecule has 8 heteroatoms. The highest BCUT2D eigenvalue weighted by Gasteiger charge is 2.44. The fraction of sp³-hybridized carbons (Fsp3) is 0.214. The van der Waals surface area contributed by atoms with E-state index in [2.05, 4.69) is 9.78 Å². The Labute approximate surface area is 123 Å². The van der Waals surface area contributed by atoms with Crippen molar-refractivity contribution in [2.45, 2.75) is 18.8 Å². The van der Waals surface area contributed by atoms with E-state index in [1.807, 2.05) is 0 Å². The number of fused-ring (bicyclic) bond motifs is 2. The van der Waals surface area contributed by atoms with Gasteiger partial charge in [-0.15, -0.1) is 0 Å². The van der Waals surface area contributed by atoms with Gasteiger partial charge in [0.1, 0.15) is 0 Å². The molecule has 2 rings (SSSR count). The molecule has 1 aliphatic carbocycles. The summed E-state index contributed by atoms with van der Waals surface area (Å²) in [4.78, 5) is 64.3. The Morgan fingerprint density at radius 1 is 0.955 bits per heavy atom. The number of hydrogen-bond acceptors (Lipinski definition) is 7. The molecular formula is C14H10O8. The summed E-state index contributed by atoms with van der Waals surface area (Å²) in [5.41, 5.74) is 0.738. The second kappa shape index (κ2) is 5.76. The van der Waals surface area contributed by atoms with E-state index in [-0.39, 0.29) is 0 Å². The van der Waals surface area contributed by atoms with Gasteiger partial charge in [-0.1, -0.05) is 24.3 Å². The van der Waals surface area contributed by atoms with Crippen molar-refractivity contribution in [3.63, 3.8) is 0 Å². The Kier molecular flexibility index (Phi) is 4.02. The predicted molar refractivity (Wildman–Crippen MR) is 67.4 cm³/mol. The Bertz CT molecular complexity index is 690. The molecule has 2 bridgehead atoms. The maximum atomic E-state index is 12.1. The van der Waals surface area contributed by atoms with Crippen molar-refractivity contribution >= 4 is 29.5 Å². The van der Waals surface area contributed by atoms with Crippen LogP contribution in [0.2, 0.25) is 0 Å². The Hall–Kier alpha value is -3.03. The third-order valence-corrected chi connectivity index (χ3v) is 3.19. The summed E-state index contributed by atoms with van der Waals surface area (Å²) in [6, 6.07) is 6.09. The summed E-state index contributed by atoms with van der Waals surface area (Å²) < 4.78 is 0. The molecule has 0 fully saturated rings. The first-order chi connectivity index (χ1) is 10.3. The van der Waals surface area contributed by atoms with Crippen LogP contribution in [0.3, 0.4) is 0 Å². The highest BCUT2D eigenvalue weighted by atomic mass is 17.2. The number of hydrogen-bond donors (Lipinski definition) is 1. The highest BCUT2D eigenvalue weighted by Crippen LogP contribution is 2.41. The lowest BCUT2D eigenvalue weighted by Crippen LogP contribution is -2.30. The largest absolute Gasteiger partial charge is 0.481 e. The molecule has 1 N–H and O–H groups in total. The number of aliphatic carboxylic acids is 1. The van der Waals surface area contributed by atoms with E-state index < -0.39 is 41.3 Å². The minimum Gasteiger partial charge on any atom is -0.481 e. The van der Waals surface area contributed by atoms with E-state index in [0.29, 0.717) is 11.1 Å². The van der Waals surface area contributed by atoms with Crippen LogP contribution in [0.5, 0.6) is 0 Å². The number of ketones is 2. The smallest absolute Gasteiger partial charge is 0.422 e. The second-order valence-electron chi connectivity index (χ2n) is 4.63. The van der Waals surface area contributed by atoms with E-state index >= 15 is 0 Å². The molecule has 0 heterocycles. The first kappa shape index (κ1) is 15.4. The summed E-state index contributed by atoms with van der Waals surface area (Å²) in [7, 11) is 0. The lowest BCUT2D eigenvalue weighted by Gasteiger charge is -2.14. The second-order valence-corrected chi connectivity index (χ2v) is 4.63. The molecule has 0 amide bonds. The lowest BCUT2D eigenvalue weighted by atomic mass is 9.87. The topological polar surface area (TPSA) is 124 Å². The van der Waals surface area contributed by atoms with Gasteiger partial charge in [-0.05, 0) is 11.1 Å². The molecule has 0 aliphatic heterocycles. The molecule has 1 aromatic carbocycles. The van der Waals surface area contributed by atoms with Crippen LogP contribution in [-0.2, 0) is 33.7 Å². The molecule has 0 spiro atoms. The number of benzene rings is 1. The van der Waals surface area contributed by atoms with Crippen molar-refractivity contribution in [1.29, 1.82) is 0 Å². The average Bonchev–Trinajstić information content (AvgIpc) is 2.73. The van der Waals surface area contributed by atoms with Crippen LogP contribution in [0.25, 0.3) is 0 Å². The van der Waals surface area contributed by atoms with Gasteiger partial charge in [-0.3, -0.25) is 14.4 Å². The van der Waals surface area contributed by atoms with Crippen LogP contribution in [0, 0.1) is 0 Å². The Morgan fingerprint density at radius 3 is 2.05 bits per heavy atom. The van der Waals surface area contributed by atoms with Gasteiger partial charge in [0.2, 0.25) is 5.78 Å². The third-order valence-electron chi connectivity index (χ3n) is 3.19. The van der Waals surface area contributed by atoms with E-state index in [1.165, 1.54) is 18.2 Å². The van der Waals surface area contributed by atoms with Crippen LogP contribution in [-0.4, -0.2) is 34.6 Å². The highest BCUT2D eigenvalue weighted by molar-refractivity contribution is 6.37. The van der Waals surface area contributed by atoms with Gasteiger partial charge in [0.15, 0.2) is 0 Å². The van der Waals surface area contributed by atoms with Crippen molar-refractivity contribution in [1.82, 2.24) is 0 Å². The van der Waals surface area contributed by atoms with Gasteiger partial charge in [-0.25, -0.2) is 19.4 Å². The molecule has 2 atom stereocenters. The quantitative estimate of drug-likeness (QED) is 0.472. The Balaban J connectivity index is 2.14. The van der Waals surface area contributed by atoms with Gasteiger partial charge < -0.3 is 5.11 Å². The molecule has 0 saturated heterocycles. The van der Waals surface area contributed by atoms with Gasteiger partial charge >= 0.3 is 17.9 Å². The number of Topliss-reactive ketones (excluding diaryl/α,β-unsaturated/α-hetero) is 2. The molecule has 1 aromatic rings. The summed E-state index contributed by atoms with van der Waals surface area (Å²) in [5, 5.41) is 9.22. The van der Waals surface area contributed by atoms with Gasteiger partial charge in [0.25, 0.3) is 5.78 Å². The predicted octanol–water partition coefficient (Wildman–Crippen LogP) is 0.111. The first-order valence-corrected chi connectivity index (χ1v) is 6.13. The van der Waals surface area contributed by atoms with Gasteiger partial charge in [-0.2, -0.15) is 0 Å². The third kappa shape index (κ3) is 2.71. The zero-order valence-corrected chi connectivity index (χ0v) is 11.3. The number of carbonyl (C=O) groups is 5. The number of rotatable bonds is 4. The van der Waals surface area contributed by atoms with Crippen molar-refractivity contribution in [3.05, 3.63) is 35.4 Å². The molecule has 8 nitrogen and oxygen atoms in total. The fourth-order valence-electron chi connectivity index (χ4n) is 2.22. The normalized spacial score (nSPS) is 18.4. The first-order valence-electron chi connectivity index (χ1n) is 6.13. The Morgan fingerprint density at radius 2 is 1.50 bits per heavy atom. The molecule has 0 saturated carbocycles. The molecule has 0 radical (unpaired) electrons. The van der Waals surface area contributed by atoms with E-state index in [0.717, 1.165) is 6.92 Å². The SMILES string of the molecule is CC(=O)C(=O)OOC(=O)C(=O)C1c2cccc(c2)C1C(=O)O. The van der Waals surface area contributed by atoms with Crippen LogP contribution in [0.15, 0.2) is 24.3 Å². The van der Waals surface area contributed by atoms with E-state index in [4.69, 9.17) is 0 Å². The number of carbonyl (C=O) groups excluding carboxylic acids is 4. The molecule has 2 unspecified atom stereocenters. The number of carboxylic acids is 1. The monoisotopic (exact) mass is 306 g/mol. The van der Waals surface area contributed by atoms with Crippen molar-refractivity contribution in [3.8, 4) is 0 Å². The molecule has 1 aliphatic rings.